The van der Waals surface area contributed by atoms with Gasteiger partial charge in [-0.1, -0.05) is 35.3 Å². The number of ether oxygens (including phenoxy) is 1. The molecule has 24 heavy (non-hydrogen) atoms. The summed E-state index contributed by atoms with van der Waals surface area (Å²) in [5.74, 6) is -0.394. The number of hydrogen-bond donors (Lipinski definition) is 2. The fraction of sp³-hybridized carbons (Fsp3) is 0.176. The Morgan fingerprint density at radius 3 is 2.38 bits per heavy atom. The number of hydrazine groups is 1. The number of carbonyl (C=O) groups excluding carboxylic acids is 2. The van der Waals surface area contributed by atoms with E-state index in [1.165, 1.54) is 18.2 Å². The van der Waals surface area contributed by atoms with Crippen molar-refractivity contribution in [3.8, 4) is 5.75 Å². The highest BCUT2D eigenvalue weighted by atomic mass is 35.5. The van der Waals surface area contributed by atoms with Gasteiger partial charge in [0.1, 0.15) is 5.75 Å². The number of halogens is 2. The molecule has 0 unspecified atom stereocenters. The van der Waals surface area contributed by atoms with Crippen LogP contribution in [0, 0.1) is 13.8 Å². The zero-order valence-electron chi connectivity index (χ0n) is 13.2. The molecule has 0 heterocycles. The third-order valence-corrected chi connectivity index (χ3v) is 3.79. The highest BCUT2D eigenvalue weighted by Gasteiger charge is 2.10. The molecule has 5 nitrogen and oxygen atoms in total. The van der Waals surface area contributed by atoms with Gasteiger partial charge in [0, 0.05) is 15.6 Å². The molecule has 0 atom stereocenters. The van der Waals surface area contributed by atoms with Crippen LogP contribution >= 0.6 is 23.2 Å². The first kappa shape index (κ1) is 18.1. The first-order valence-electron chi connectivity index (χ1n) is 7.11. The van der Waals surface area contributed by atoms with E-state index < -0.39 is 11.8 Å². The van der Waals surface area contributed by atoms with E-state index in [9.17, 15) is 9.59 Å². The zero-order valence-corrected chi connectivity index (χ0v) is 14.7. The molecular formula is C17H16Cl2N2O3. The van der Waals surface area contributed by atoms with Gasteiger partial charge in [0.15, 0.2) is 6.61 Å². The van der Waals surface area contributed by atoms with Crippen molar-refractivity contribution in [2.45, 2.75) is 13.8 Å². The summed E-state index contributed by atoms with van der Waals surface area (Å²) < 4.78 is 5.45. The van der Waals surface area contributed by atoms with Crippen molar-refractivity contribution in [3.05, 3.63) is 63.1 Å². The Morgan fingerprint density at radius 1 is 1.04 bits per heavy atom. The van der Waals surface area contributed by atoms with Crippen molar-refractivity contribution >= 4 is 35.0 Å². The van der Waals surface area contributed by atoms with E-state index in [1.54, 1.807) is 6.07 Å². The molecule has 2 aromatic rings. The second kappa shape index (κ2) is 8.04. The third-order valence-electron chi connectivity index (χ3n) is 3.35. The fourth-order valence-corrected chi connectivity index (χ4v) is 2.47. The van der Waals surface area contributed by atoms with Gasteiger partial charge in [-0.25, -0.2) is 0 Å². The average Bonchev–Trinajstić information content (AvgIpc) is 2.53. The molecule has 0 aliphatic carbocycles. The van der Waals surface area contributed by atoms with E-state index in [4.69, 9.17) is 27.9 Å². The summed E-state index contributed by atoms with van der Waals surface area (Å²) >= 11 is 11.7. The van der Waals surface area contributed by atoms with Crippen LogP contribution in [0.2, 0.25) is 10.0 Å². The summed E-state index contributed by atoms with van der Waals surface area (Å²) in [5, 5.41) is 0.662. The van der Waals surface area contributed by atoms with Crippen molar-refractivity contribution in [1.29, 1.82) is 0 Å². The molecule has 0 aliphatic rings. The summed E-state index contributed by atoms with van der Waals surface area (Å²) in [6, 6.07) is 9.99. The van der Waals surface area contributed by atoms with Crippen LogP contribution in [0.1, 0.15) is 21.5 Å². The monoisotopic (exact) mass is 366 g/mol. The van der Waals surface area contributed by atoms with Crippen molar-refractivity contribution in [2.75, 3.05) is 6.61 Å². The van der Waals surface area contributed by atoms with Crippen LogP contribution in [0.3, 0.4) is 0 Å². The van der Waals surface area contributed by atoms with E-state index in [2.05, 4.69) is 10.9 Å². The molecule has 0 aliphatic heterocycles. The van der Waals surface area contributed by atoms with Gasteiger partial charge in [-0.15, -0.1) is 0 Å². The van der Waals surface area contributed by atoms with Crippen molar-refractivity contribution in [3.63, 3.8) is 0 Å². The minimum absolute atomic E-state index is 0.221. The lowest BCUT2D eigenvalue weighted by atomic mass is 10.1. The lowest BCUT2D eigenvalue weighted by molar-refractivity contribution is -0.123. The Morgan fingerprint density at radius 2 is 1.71 bits per heavy atom. The maximum absolute atomic E-state index is 11.9. The van der Waals surface area contributed by atoms with Crippen molar-refractivity contribution in [2.24, 2.45) is 0 Å². The minimum Gasteiger partial charge on any atom is -0.483 e. The number of hydrogen-bond acceptors (Lipinski definition) is 3. The Bertz CT molecular complexity index is 758. The van der Waals surface area contributed by atoms with E-state index in [0.717, 1.165) is 11.1 Å². The summed E-state index contributed by atoms with van der Waals surface area (Å²) in [5.41, 5.74) is 6.82. The number of carbonyl (C=O) groups is 2. The SMILES string of the molecule is Cc1cccc(OCC(=O)NNC(=O)c2cc(Cl)cc(Cl)c2)c1C. The summed E-state index contributed by atoms with van der Waals surface area (Å²) in [6.45, 7) is 3.65. The van der Waals surface area contributed by atoms with Gasteiger partial charge in [-0.3, -0.25) is 20.4 Å². The molecule has 0 radical (unpaired) electrons. The normalized spacial score (nSPS) is 10.2. The second-order valence-corrected chi connectivity index (χ2v) is 6.02. The predicted octanol–water partition coefficient (Wildman–Crippen LogP) is 3.45. The van der Waals surface area contributed by atoms with Gasteiger partial charge in [-0.2, -0.15) is 0 Å². The summed E-state index contributed by atoms with van der Waals surface area (Å²) in [7, 11) is 0. The molecule has 0 bridgehead atoms. The van der Waals surface area contributed by atoms with Crippen molar-refractivity contribution in [1.82, 2.24) is 10.9 Å². The fourth-order valence-electron chi connectivity index (χ4n) is 1.94. The minimum atomic E-state index is -0.528. The molecule has 2 aromatic carbocycles. The number of benzene rings is 2. The van der Waals surface area contributed by atoms with Crippen molar-refractivity contribution < 1.29 is 14.3 Å². The molecule has 126 valence electrons. The van der Waals surface area contributed by atoms with Gasteiger partial charge >= 0.3 is 0 Å². The van der Waals surface area contributed by atoms with E-state index in [0.29, 0.717) is 15.8 Å². The molecule has 7 heteroatoms. The number of rotatable bonds is 4. The Labute approximate surface area is 149 Å². The molecule has 2 amide bonds. The lowest BCUT2D eigenvalue weighted by Gasteiger charge is -2.11. The van der Waals surface area contributed by atoms with Gasteiger partial charge in [0.25, 0.3) is 11.8 Å². The molecule has 0 fully saturated rings. The first-order chi connectivity index (χ1) is 11.4. The van der Waals surface area contributed by atoms with Crippen LogP contribution in [0.4, 0.5) is 0 Å². The Balaban J connectivity index is 1.86. The third kappa shape index (κ3) is 4.88. The molecule has 0 aromatic heterocycles. The van der Waals surface area contributed by atoms with Gasteiger partial charge in [-0.05, 0) is 49.2 Å². The van der Waals surface area contributed by atoms with Crippen LogP contribution in [0.5, 0.6) is 5.75 Å². The highest BCUT2D eigenvalue weighted by molar-refractivity contribution is 6.35. The lowest BCUT2D eigenvalue weighted by Crippen LogP contribution is -2.43. The number of aryl methyl sites for hydroxylation is 1. The quantitative estimate of drug-likeness (QED) is 0.814. The zero-order chi connectivity index (χ0) is 17.7. The number of nitrogens with one attached hydrogen (secondary N) is 2. The van der Waals surface area contributed by atoms with Gasteiger partial charge in [0.2, 0.25) is 0 Å². The molecule has 2 N–H and O–H groups in total. The molecule has 0 spiro atoms. The van der Waals surface area contributed by atoms with Crippen LogP contribution < -0.4 is 15.6 Å². The van der Waals surface area contributed by atoms with Crippen LogP contribution in [0.15, 0.2) is 36.4 Å². The Hall–Kier alpha value is -2.24. The molecule has 0 saturated heterocycles. The van der Waals surface area contributed by atoms with E-state index in [-0.39, 0.29) is 12.2 Å². The van der Waals surface area contributed by atoms with Crippen LogP contribution in [0.25, 0.3) is 0 Å². The van der Waals surface area contributed by atoms with Gasteiger partial charge < -0.3 is 4.74 Å². The highest BCUT2D eigenvalue weighted by Crippen LogP contribution is 2.20. The average molecular weight is 367 g/mol. The Kier molecular flexibility index (Phi) is 6.06. The second-order valence-electron chi connectivity index (χ2n) is 5.15. The maximum Gasteiger partial charge on any atom is 0.276 e. The maximum atomic E-state index is 11.9. The van der Waals surface area contributed by atoms with E-state index >= 15 is 0 Å². The van der Waals surface area contributed by atoms with Crippen LogP contribution in [-0.4, -0.2) is 18.4 Å². The molecule has 0 saturated carbocycles. The largest absolute Gasteiger partial charge is 0.483 e. The van der Waals surface area contributed by atoms with Crippen LogP contribution in [-0.2, 0) is 4.79 Å². The summed E-state index contributed by atoms with van der Waals surface area (Å²) in [4.78, 5) is 23.7. The molecule has 2 rings (SSSR count). The first-order valence-corrected chi connectivity index (χ1v) is 7.86. The number of amides is 2. The smallest absolute Gasteiger partial charge is 0.276 e. The molecular weight excluding hydrogens is 351 g/mol. The van der Waals surface area contributed by atoms with E-state index in [1.807, 2.05) is 26.0 Å². The van der Waals surface area contributed by atoms with Gasteiger partial charge in [0.05, 0.1) is 0 Å². The summed E-state index contributed by atoms with van der Waals surface area (Å²) in [6.07, 6.45) is 0. The standard InChI is InChI=1S/C17H16Cl2N2O3/c1-10-4-3-5-15(11(10)2)24-9-16(22)20-21-17(23)12-6-13(18)8-14(19)7-12/h3-8H,9H2,1-2H3,(H,20,22)(H,21,23). The predicted molar refractivity (Wildman–Crippen MR) is 93.5 cm³/mol. The topological polar surface area (TPSA) is 67.4 Å².